The van der Waals surface area contributed by atoms with Crippen LogP contribution in [0.3, 0.4) is 0 Å². The van der Waals surface area contributed by atoms with Crippen LogP contribution in [0.2, 0.25) is 0 Å². The Morgan fingerprint density at radius 3 is 2.53 bits per heavy atom. The number of benzene rings is 1. The molecule has 0 saturated heterocycles. The monoisotopic (exact) mass is 295 g/mol. The number of rotatable bonds is 3. The summed E-state index contributed by atoms with van der Waals surface area (Å²) in [5, 5.41) is 0. The maximum atomic E-state index is 13.2. The van der Waals surface area contributed by atoms with Crippen molar-refractivity contribution in [2.45, 2.75) is 26.3 Å². The predicted octanol–water partition coefficient (Wildman–Crippen LogP) is 4.06. The van der Waals surface area contributed by atoms with E-state index in [0.29, 0.717) is 10.4 Å². The van der Waals surface area contributed by atoms with E-state index in [1.807, 2.05) is 6.07 Å². The van der Waals surface area contributed by atoms with E-state index in [9.17, 15) is 4.39 Å². The molecule has 0 bridgehead atoms. The standard InChI is InChI=1S/C11H15BrFN.ClH/c1-7(2)6-10(14)8-4-3-5-9(13)11(8)12;/h3-5,7,10H,6,14H2,1-2H3;1H/t10-;/m1./s1. The minimum Gasteiger partial charge on any atom is -0.324 e. The molecule has 0 amide bonds. The Kier molecular flexibility index (Phi) is 6.41. The van der Waals surface area contributed by atoms with Crippen molar-refractivity contribution in [1.29, 1.82) is 0 Å². The normalized spacial score (nSPS) is 12.4. The minimum atomic E-state index is -0.248. The molecule has 1 aromatic carbocycles. The Balaban J connectivity index is 0.00000196. The molecule has 4 heteroatoms. The van der Waals surface area contributed by atoms with E-state index >= 15 is 0 Å². The van der Waals surface area contributed by atoms with Crippen LogP contribution < -0.4 is 5.73 Å². The summed E-state index contributed by atoms with van der Waals surface area (Å²) in [5.41, 5.74) is 6.82. The number of hydrogen-bond donors (Lipinski definition) is 1. The summed E-state index contributed by atoms with van der Waals surface area (Å²) in [4.78, 5) is 0. The number of halogens is 3. The fourth-order valence-corrected chi connectivity index (χ4v) is 2.00. The van der Waals surface area contributed by atoms with Crippen molar-refractivity contribution in [3.8, 4) is 0 Å². The van der Waals surface area contributed by atoms with Gasteiger partial charge in [0.2, 0.25) is 0 Å². The second-order valence-electron chi connectivity index (χ2n) is 3.88. The molecule has 0 saturated carbocycles. The molecule has 1 rings (SSSR count). The molecule has 0 spiro atoms. The smallest absolute Gasteiger partial charge is 0.137 e. The fourth-order valence-electron chi connectivity index (χ4n) is 1.44. The molecule has 0 heterocycles. The van der Waals surface area contributed by atoms with Gasteiger partial charge < -0.3 is 5.73 Å². The molecular weight excluding hydrogens is 280 g/mol. The average molecular weight is 297 g/mol. The van der Waals surface area contributed by atoms with Crippen molar-refractivity contribution in [2.75, 3.05) is 0 Å². The minimum absolute atomic E-state index is 0. The lowest BCUT2D eigenvalue weighted by Crippen LogP contribution is -2.13. The van der Waals surface area contributed by atoms with Gasteiger partial charge in [0.05, 0.1) is 4.47 Å². The lowest BCUT2D eigenvalue weighted by atomic mass is 9.98. The van der Waals surface area contributed by atoms with E-state index in [1.54, 1.807) is 6.07 Å². The topological polar surface area (TPSA) is 26.0 Å². The Morgan fingerprint density at radius 1 is 1.40 bits per heavy atom. The maximum Gasteiger partial charge on any atom is 0.137 e. The first-order chi connectivity index (χ1) is 6.52. The zero-order valence-electron chi connectivity index (χ0n) is 8.84. The molecule has 0 radical (unpaired) electrons. The van der Waals surface area contributed by atoms with Crippen LogP contribution in [0.5, 0.6) is 0 Å². The van der Waals surface area contributed by atoms with Crippen molar-refractivity contribution in [3.05, 3.63) is 34.1 Å². The SMILES string of the molecule is CC(C)C[C@@H](N)c1cccc(F)c1Br.Cl. The summed E-state index contributed by atoms with van der Waals surface area (Å²) < 4.78 is 13.7. The quantitative estimate of drug-likeness (QED) is 0.894. The first kappa shape index (κ1) is 14.9. The van der Waals surface area contributed by atoms with Crippen molar-refractivity contribution < 1.29 is 4.39 Å². The molecule has 0 aliphatic rings. The van der Waals surface area contributed by atoms with Gasteiger partial charge in [-0.05, 0) is 39.9 Å². The van der Waals surface area contributed by atoms with Crippen LogP contribution in [0.25, 0.3) is 0 Å². The molecular formula is C11H16BrClFN. The largest absolute Gasteiger partial charge is 0.324 e. The maximum absolute atomic E-state index is 13.2. The molecule has 0 unspecified atom stereocenters. The summed E-state index contributed by atoms with van der Waals surface area (Å²) in [6.07, 6.45) is 0.863. The molecule has 1 aromatic rings. The highest BCUT2D eigenvalue weighted by molar-refractivity contribution is 9.10. The Hall–Kier alpha value is -0.120. The molecule has 86 valence electrons. The summed E-state index contributed by atoms with van der Waals surface area (Å²) in [7, 11) is 0. The van der Waals surface area contributed by atoms with Crippen LogP contribution in [0, 0.1) is 11.7 Å². The molecule has 2 N–H and O–H groups in total. The Morgan fingerprint density at radius 2 is 2.00 bits per heavy atom. The van der Waals surface area contributed by atoms with Crippen LogP contribution in [0.4, 0.5) is 4.39 Å². The highest BCUT2D eigenvalue weighted by Crippen LogP contribution is 2.28. The molecule has 1 nitrogen and oxygen atoms in total. The van der Waals surface area contributed by atoms with Crippen molar-refractivity contribution in [3.63, 3.8) is 0 Å². The van der Waals surface area contributed by atoms with Gasteiger partial charge in [0.15, 0.2) is 0 Å². The highest BCUT2D eigenvalue weighted by Gasteiger charge is 2.13. The van der Waals surface area contributed by atoms with Gasteiger partial charge >= 0.3 is 0 Å². The summed E-state index contributed by atoms with van der Waals surface area (Å²) in [6.45, 7) is 4.21. The second-order valence-corrected chi connectivity index (χ2v) is 4.67. The molecule has 0 aromatic heterocycles. The molecule has 0 aliphatic heterocycles. The molecule has 0 aliphatic carbocycles. The summed E-state index contributed by atoms with van der Waals surface area (Å²) >= 11 is 3.22. The van der Waals surface area contributed by atoms with Crippen LogP contribution in [-0.4, -0.2) is 0 Å². The van der Waals surface area contributed by atoms with Gasteiger partial charge in [0.1, 0.15) is 5.82 Å². The van der Waals surface area contributed by atoms with Crippen molar-refractivity contribution in [2.24, 2.45) is 11.7 Å². The first-order valence-corrected chi connectivity index (χ1v) is 5.51. The van der Waals surface area contributed by atoms with Gasteiger partial charge in [-0.2, -0.15) is 0 Å². The first-order valence-electron chi connectivity index (χ1n) is 4.72. The lowest BCUT2D eigenvalue weighted by molar-refractivity contribution is 0.505. The number of hydrogen-bond acceptors (Lipinski definition) is 1. The van der Waals surface area contributed by atoms with Crippen LogP contribution in [0.15, 0.2) is 22.7 Å². The highest BCUT2D eigenvalue weighted by atomic mass is 79.9. The third-order valence-electron chi connectivity index (χ3n) is 2.11. The van der Waals surface area contributed by atoms with E-state index in [0.717, 1.165) is 12.0 Å². The van der Waals surface area contributed by atoms with Crippen LogP contribution in [0.1, 0.15) is 31.9 Å². The van der Waals surface area contributed by atoms with E-state index in [-0.39, 0.29) is 24.3 Å². The number of nitrogens with two attached hydrogens (primary N) is 1. The molecule has 15 heavy (non-hydrogen) atoms. The van der Waals surface area contributed by atoms with Gasteiger partial charge in [-0.3, -0.25) is 0 Å². The zero-order valence-corrected chi connectivity index (χ0v) is 11.2. The average Bonchev–Trinajstić information content (AvgIpc) is 2.08. The van der Waals surface area contributed by atoms with Crippen LogP contribution in [-0.2, 0) is 0 Å². The lowest BCUT2D eigenvalue weighted by Gasteiger charge is -2.16. The van der Waals surface area contributed by atoms with E-state index in [2.05, 4.69) is 29.8 Å². The summed E-state index contributed by atoms with van der Waals surface area (Å²) in [5.74, 6) is 0.266. The van der Waals surface area contributed by atoms with E-state index < -0.39 is 0 Å². The van der Waals surface area contributed by atoms with Gasteiger partial charge in [0, 0.05) is 6.04 Å². The van der Waals surface area contributed by atoms with Crippen LogP contribution >= 0.6 is 28.3 Å². The molecule has 1 atom stereocenters. The van der Waals surface area contributed by atoms with Gasteiger partial charge in [-0.25, -0.2) is 4.39 Å². The summed E-state index contributed by atoms with van der Waals surface area (Å²) in [6, 6.07) is 4.88. The fraction of sp³-hybridized carbons (Fsp3) is 0.455. The van der Waals surface area contributed by atoms with Gasteiger partial charge in [-0.15, -0.1) is 12.4 Å². The van der Waals surface area contributed by atoms with Crippen molar-refractivity contribution in [1.82, 2.24) is 0 Å². The third-order valence-corrected chi connectivity index (χ3v) is 2.94. The zero-order chi connectivity index (χ0) is 10.7. The van der Waals surface area contributed by atoms with E-state index in [4.69, 9.17) is 5.73 Å². The van der Waals surface area contributed by atoms with Crippen molar-refractivity contribution >= 4 is 28.3 Å². The van der Waals surface area contributed by atoms with Gasteiger partial charge in [0.25, 0.3) is 0 Å². The predicted molar refractivity (Wildman–Crippen MR) is 67.7 cm³/mol. The molecule has 0 fully saturated rings. The Labute approximate surface area is 105 Å². The van der Waals surface area contributed by atoms with Gasteiger partial charge in [-0.1, -0.05) is 26.0 Å². The second kappa shape index (κ2) is 6.46. The van der Waals surface area contributed by atoms with E-state index in [1.165, 1.54) is 6.07 Å². The third kappa shape index (κ3) is 4.09. The Bertz CT molecular complexity index is 317.